The topological polar surface area (TPSA) is 89.0 Å². The van der Waals surface area contributed by atoms with Crippen molar-refractivity contribution in [3.63, 3.8) is 0 Å². The number of hydrogen-bond acceptors (Lipinski definition) is 5. The van der Waals surface area contributed by atoms with Crippen LogP contribution in [0, 0.1) is 20.8 Å². The van der Waals surface area contributed by atoms with Crippen LogP contribution in [0.1, 0.15) is 39.5 Å². The number of nitrogens with one attached hydrogen (secondary N) is 2. The lowest BCUT2D eigenvalue weighted by molar-refractivity contribution is -0.118. The monoisotopic (exact) mass is 493 g/mol. The average molecular weight is 494 g/mol. The van der Waals surface area contributed by atoms with Crippen LogP contribution in [-0.4, -0.2) is 31.2 Å². The molecule has 0 aliphatic rings. The van der Waals surface area contributed by atoms with E-state index in [9.17, 15) is 9.59 Å². The third kappa shape index (κ3) is 7.32. The van der Waals surface area contributed by atoms with E-state index in [4.69, 9.17) is 21.1 Å². The molecular weight excluding hydrogens is 466 g/mol. The summed E-state index contributed by atoms with van der Waals surface area (Å²) in [5.41, 5.74) is 7.44. The fourth-order valence-electron chi connectivity index (χ4n) is 3.28. The molecule has 0 saturated heterocycles. The van der Waals surface area contributed by atoms with Gasteiger partial charge in [-0.1, -0.05) is 47.0 Å². The van der Waals surface area contributed by atoms with Gasteiger partial charge in [0.15, 0.2) is 18.1 Å². The molecule has 3 aromatic rings. The van der Waals surface area contributed by atoms with Crippen molar-refractivity contribution >= 4 is 35.3 Å². The van der Waals surface area contributed by atoms with Gasteiger partial charge in [-0.2, -0.15) is 5.10 Å². The van der Waals surface area contributed by atoms with Gasteiger partial charge in [0.05, 0.1) is 17.8 Å². The van der Waals surface area contributed by atoms with Crippen LogP contribution in [-0.2, 0) is 4.79 Å². The van der Waals surface area contributed by atoms with E-state index >= 15 is 0 Å². The van der Waals surface area contributed by atoms with Gasteiger partial charge in [0.25, 0.3) is 11.8 Å². The van der Waals surface area contributed by atoms with E-state index < -0.39 is 0 Å². The molecule has 7 nitrogen and oxygen atoms in total. The molecule has 2 amide bonds. The van der Waals surface area contributed by atoms with Crippen LogP contribution in [0.25, 0.3) is 0 Å². The van der Waals surface area contributed by atoms with Crippen LogP contribution in [0.5, 0.6) is 11.5 Å². The summed E-state index contributed by atoms with van der Waals surface area (Å²) in [5, 5.41) is 7.09. The van der Waals surface area contributed by atoms with Gasteiger partial charge in [-0.25, -0.2) is 5.43 Å². The van der Waals surface area contributed by atoms with Gasteiger partial charge in [0.2, 0.25) is 0 Å². The van der Waals surface area contributed by atoms with Gasteiger partial charge in [0.1, 0.15) is 0 Å². The molecule has 0 spiro atoms. The molecule has 0 aliphatic heterocycles. The van der Waals surface area contributed by atoms with Crippen molar-refractivity contribution in [2.24, 2.45) is 5.10 Å². The SMILES string of the molecule is CCOc1cc(/C=N/NC(=O)c2ccc(C)cc2)cc(Cl)c1OCC(=O)Nc1ccc(C)cc1C. The third-order valence-corrected chi connectivity index (χ3v) is 5.31. The van der Waals surface area contributed by atoms with Gasteiger partial charge >= 0.3 is 0 Å². The highest BCUT2D eigenvalue weighted by Crippen LogP contribution is 2.36. The Hall–Kier alpha value is -3.84. The van der Waals surface area contributed by atoms with Crippen molar-refractivity contribution in [1.29, 1.82) is 0 Å². The zero-order chi connectivity index (χ0) is 25.4. The van der Waals surface area contributed by atoms with E-state index in [1.807, 2.05) is 58.0 Å². The summed E-state index contributed by atoms with van der Waals surface area (Å²) in [6, 6.07) is 16.2. The molecule has 0 aliphatic carbocycles. The number of anilines is 1. The van der Waals surface area contributed by atoms with Gasteiger partial charge in [0, 0.05) is 11.3 Å². The van der Waals surface area contributed by atoms with E-state index in [1.165, 1.54) is 6.21 Å². The second kappa shape index (κ2) is 12.0. The molecule has 0 unspecified atom stereocenters. The lowest BCUT2D eigenvalue weighted by Gasteiger charge is -2.15. The minimum atomic E-state index is -0.327. The quantitative estimate of drug-likeness (QED) is 0.306. The molecule has 8 heteroatoms. The number of amides is 2. The van der Waals surface area contributed by atoms with Crippen LogP contribution < -0.4 is 20.2 Å². The Labute approximate surface area is 210 Å². The van der Waals surface area contributed by atoms with E-state index in [0.29, 0.717) is 23.5 Å². The number of nitrogens with zero attached hydrogens (tertiary/aromatic N) is 1. The minimum Gasteiger partial charge on any atom is -0.490 e. The summed E-state index contributed by atoms with van der Waals surface area (Å²) in [4.78, 5) is 24.7. The second-order valence-corrected chi connectivity index (χ2v) is 8.39. The number of carbonyl (C=O) groups excluding carboxylic acids is 2. The van der Waals surface area contributed by atoms with Gasteiger partial charge in [-0.15, -0.1) is 0 Å². The highest BCUT2D eigenvalue weighted by Gasteiger charge is 2.15. The first-order valence-electron chi connectivity index (χ1n) is 11.1. The summed E-state index contributed by atoms with van der Waals surface area (Å²) >= 11 is 6.42. The first kappa shape index (κ1) is 25.8. The molecule has 0 heterocycles. The fourth-order valence-corrected chi connectivity index (χ4v) is 3.55. The molecule has 0 radical (unpaired) electrons. The molecule has 3 aromatic carbocycles. The highest BCUT2D eigenvalue weighted by molar-refractivity contribution is 6.32. The smallest absolute Gasteiger partial charge is 0.271 e. The first-order valence-corrected chi connectivity index (χ1v) is 11.5. The lowest BCUT2D eigenvalue weighted by atomic mass is 10.1. The normalized spacial score (nSPS) is 10.8. The molecule has 3 rings (SSSR count). The number of hydrazone groups is 1. The Balaban J connectivity index is 1.66. The number of aryl methyl sites for hydroxylation is 3. The molecule has 0 bridgehead atoms. The van der Waals surface area contributed by atoms with Gasteiger partial charge < -0.3 is 14.8 Å². The van der Waals surface area contributed by atoms with Crippen molar-refractivity contribution < 1.29 is 19.1 Å². The Morgan fingerprint density at radius 1 is 0.971 bits per heavy atom. The van der Waals surface area contributed by atoms with Crippen molar-refractivity contribution in [3.8, 4) is 11.5 Å². The second-order valence-electron chi connectivity index (χ2n) is 7.98. The van der Waals surface area contributed by atoms with Crippen LogP contribution in [0.3, 0.4) is 0 Å². The fraction of sp³-hybridized carbons (Fsp3) is 0.222. The Bertz CT molecular complexity index is 1240. The number of carbonyl (C=O) groups is 2. The Morgan fingerprint density at radius 2 is 1.69 bits per heavy atom. The van der Waals surface area contributed by atoms with Crippen molar-refractivity contribution in [1.82, 2.24) is 5.43 Å². The molecule has 0 fully saturated rings. The van der Waals surface area contributed by atoms with Crippen molar-refractivity contribution in [2.75, 3.05) is 18.5 Å². The number of hydrogen-bond donors (Lipinski definition) is 2. The zero-order valence-electron chi connectivity index (χ0n) is 20.1. The molecule has 0 aromatic heterocycles. The summed E-state index contributed by atoms with van der Waals surface area (Å²) in [6.07, 6.45) is 1.46. The standard InChI is InChI=1S/C27H28ClN3O4/c1-5-34-24-14-20(15-29-31-27(33)21-9-6-17(2)7-10-21)13-22(28)26(24)35-16-25(32)30-23-11-8-18(3)12-19(23)4/h6-15H,5,16H2,1-4H3,(H,30,32)(H,31,33)/b29-15+. The van der Waals surface area contributed by atoms with Crippen LogP contribution >= 0.6 is 11.6 Å². The van der Waals surface area contributed by atoms with Crippen LogP contribution in [0.15, 0.2) is 59.7 Å². The molecule has 182 valence electrons. The summed E-state index contributed by atoms with van der Waals surface area (Å²) < 4.78 is 11.4. The van der Waals surface area contributed by atoms with Crippen molar-refractivity contribution in [3.05, 3.63) is 87.4 Å². The van der Waals surface area contributed by atoms with Crippen LogP contribution in [0.4, 0.5) is 5.69 Å². The third-order valence-electron chi connectivity index (χ3n) is 5.03. The van der Waals surface area contributed by atoms with E-state index in [0.717, 1.165) is 22.4 Å². The maximum absolute atomic E-state index is 12.4. The highest BCUT2D eigenvalue weighted by atomic mass is 35.5. The molecular formula is C27H28ClN3O4. The molecule has 0 saturated carbocycles. The lowest BCUT2D eigenvalue weighted by Crippen LogP contribution is -2.21. The first-order chi connectivity index (χ1) is 16.8. The Morgan fingerprint density at radius 3 is 2.37 bits per heavy atom. The van der Waals surface area contributed by atoms with E-state index in [-0.39, 0.29) is 29.2 Å². The number of rotatable bonds is 9. The zero-order valence-corrected chi connectivity index (χ0v) is 20.9. The molecule has 35 heavy (non-hydrogen) atoms. The van der Waals surface area contributed by atoms with E-state index in [1.54, 1.807) is 24.3 Å². The predicted molar refractivity (Wildman–Crippen MR) is 139 cm³/mol. The maximum Gasteiger partial charge on any atom is 0.271 e. The predicted octanol–water partition coefficient (Wildman–Crippen LogP) is 5.45. The Kier molecular flexibility index (Phi) is 8.86. The number of halogens is 1. The van der Waals surface area contributed by atoms with Crippen molar-refractivity contribution in [2.45, 2.75) is 27.7 Å². The largest absolute Gasteiger partial charge is 0.490 e. The molecule has 2 N–H and O–H groups in total. The van der Waals surface area contributed by atoms with Gasteiger partial charge in [-0.05, 0) is 69.2 Å². The minimum absolute atomic E-state index is 0.243. The average Bonchev–Trinajstić information content (AvgIpc) is 2.81. The number of benzene rings is 3. The maximum atomic E-state index is 12.4. The van der Waals surface area contributed by atoms with Gasteiger partial charge in [-0.3, -0.25) is 9.59 Å². The summed E-state index contributed by atoms with van der Waals surface area (Å²) in [5.74, 6) is -0.0251. The summed E-state index contributed by atoms with van der Waals surface area (Å²) in [6.45, 7) is 7.82. The number of ether oxygens (including phenoxy) is 2. The van der Waals surface area contributed by atoms with E-state index in [2.05, 4.69) is 15.8 Å². The molecule has 0 atom stereocenters. The van der Waals surface area contributed by atoms with Crippen LogP contribution in [0.2, 0.25) is 5.02 Å². The summed E-state index contributed by atoms with van der Waals surface area (Å²) in [7, 11) is 0.